The second kappa shape index (κ2) is 31.8. The average molecular weight is 1970 g/mol. The lowest BCUT2D eigenvalue weighted by Crippen LogP contribution is -2.26. The minimum absolute atomic E-state index is 0.473. The summed E-state index contributed by atoms with van der Waals surface area (Å²) in [4.78, 5) is 0. The Morgan fingerprint density at radius 1 is 0.127 bits per heavy atom. The van der Waals surface area contributed by atoms with Gasteiger partial charge < -0.3 is 0 Å². The molecule has 4 aliphatic rings. The molecule has 0 aliphatic heterocycles. The summed E-state index contributed by atoms with van der Waals surface area (Å²) in [7, 11) is -2.07. The normalized spacial score (nSPS) is 15.1. The molecule has 4 heterocycles. The maximum atomic E-state index is 2.58. The topological polar surface area (TPSA) is 0 Å². The minimum Gasteiger partial charge on any atom is -0.112 e. The van der Waals surface area contributed by atoms with Crippen molar-refractivity contribution in [2.45, 2.75) is 10.8 Å². The molecule has 4 aliphatic carbocycles. The molecule has 0 N–H and O–H groups in total. The van der Waals surface area contributed by atoms with Gasteiger partial charge in [0.25, 0.3) is 0 Å². The third kappa shape index (κ3) is 11.1. The Bertz CT molecular complexity index is 11000. The second-order valence-corrected chi connectivity index (χ2v) is 50.3. The highest BCUT2D eigenvalue weighted by Gasteiger charge is 2.56. The van der Waals surface area contributed by atoms with E-state index in [9.17, 15) is 0 Å². The average Bonchev–Trinajstić information content (AvgIpc) is 1.49. The molecule has 6 unspecified atom stereocenters. The summed E-state index contributed by atoms with van der Waals surface area (Å²) in [5.74, 6) is 0. The van der Waals surface area contributed by atoms with Gasteiger partial charge in [-0.05, 0) is 313 Å². The number of benzene rings is 26. The van der Waals surface area contributed by atoms with Crippen LogP contribution in [0.15, 0.2) is 485 Å². The minimum atomic E-state index is -0.562. The van der Waals surface area contributed by atoms with E-state index < -0.39 is 41.0 Å². The van der Waals surface area contributed by atoms with E-state index in [-0.39, 0.29) is 0 Å². The molecule has 34 rings (SSSR count). The van der Waals surface area contributed by atoms with Crippen LogP contribution in [0, 0.1) is 0 Å². The number of hydrogen-bond donors (Lipinski definition) is 0. The molecule has 4 aromatic heterocycles. The summed E-state index contributed by atoms with van der Waals surface area (Å²) in [5.41, 5.74) is 36.1. The molecule has 0 nitrogen and oxygen atoms in total. The van der Waals surface area contributed by atoms with Gasteiger partial charge >= 0.3 is 0 Å². The lowest BCUT2D eigenvalue weighted by molar-refractivity contribution is 0.802. The summed E-state index contributed by atoms with van der Waals surface area (Å²) in [6, 6.07) is 187. The van der Waals surface area contributed by atoms with Crippen molar-refractivity contribution < 1.29 is 0 Å². The Labute approximate surface area is 872 Å². The quantitative estimate of drug-likeness (QED) is 0.115. The predicted molar refractivity (Wildman–Crippen MR) is 653 cm³/mol. The zero-order chi connectivity index (χ0) is 98.5. The van der Waals surface area contributed by atoms with E-state index in [0.717, 1.165) is 0 Å². The van der Waals surface area contributed by atoms with Crippen molar-refractivity contribution in [3.8, 4) is 111 Å². The number of fused-ring (bicyclic) bond motifs is 46. The van der Waals surface area contributed by atoms with Crippen LogP contribution >= 0.6 is 30.1 Å². The molecule has 2 spiro atoms. The number of aryl methyl sites for hydroxylation is 4. The van der Waals surface area contributed by atoms with Gasteiger partial charge in [0.05, 0.1) is 10.8 Å². The fourth-order valence-electron chi connectivity index (χ4n) is 29.8. The van der Waals surface area contributed by atoms with E-state index in [1.165, 1.54) is 326 Å². The van der Waals surface area contributed by atoms with Crippen molar-refractivity contribution in [3.63, 3.8) is 0 Å². The van der Waals surface area contributed by atoms with Gasteiger partial charge in [0.15, 0.2) is 0 Å². The van der Waals surface area contributed by atoms with Gasteiger partial charge in [0.1, 0.15) is 0 Å². The molecule has 0 fully saturated rings. The standard InChI is InChI=1S/2C73H46P2/c1-74-65-40-13-9-22-47(65)55-34-17-32-53(71(55)74)45-28-15-30-50-60(45)42-61-46(54-33-18-35-56-48-23-10-14-41-66(48)75(2)72(54)56)29-16-31-51(61)67(50)59-36-19-39-64-68(59)57-26-7-11-37-62(57)73(64)63-38-12-8-27-58(63)69-49-24-5-3-20-43(49)44-21-4-6-25-52(44)70(69)73;1-74-63-38-13-9-26-55(63)69-47(32-18-40-65(69)74)45-28-15-30-50-58(45)42-59-46(48-33-19-41-66-70(48)56-27-10-14-39-64(56)75(66)2)29-16-31-51(59)67(50)57-34-17-37-62-68(57)53-24-7-11-35-60(53)73(62)61-36-12-8-25-54(61)71-49-22-5-3-20-43(49)44-21-4-6-23-52(44)72(71)73/h2*3-42H,1-2H3. The van der Waals surface area contributed by atoms with Gasteiger partial charge in [-0.25, -0.2) is 0 Å². The SMILES string of the molecule is Cp1c2ccccc2c2c(-c3cccc4c(-c5cccc6c5-c5ccccc5C65c6ccccc6-c6c5c5ccccc5c5ccccc65)c5cccc(-c6cccc7c6c6ccccc6p7C)c5cc34)cccc21.Cp1c2ccccc2c2cccc(-c3cccc4c(-c5cccc6c5-c5ccccc5C65c6ccccc6-c6c5c5ccccc5c5ccccc65)c5cccc(-c6cccc7c8ccccc8p(C)c67)c5cc34)c21. The van der Waals surface area contributed by atoms with Crippen LogP contribution in [0.25, 0.3) is 281 Å². The summed E-state index contributed by atoms with van der Waals surface area (Å²) >= 11 is 0. The van der Waals surface area contributed by atoms with Crippen LogP contribution in [0.3, 0.4) is 0 Å². The highest BCUT2D eigenvalue weighted by atomic mass is 31.1. The van der Waals surface area contributed by atoms with Crippen molar-refractivity contribution in [2.75, 3.05) is 0 Å². The fraction of sp³-hybridized carbons (Fsp3) is 0.0411. The van der Waals surface area contributed by atoms with Gasteiger partial charge in [0, 0.05) is 51.7 Å². The van der Waals surface area contributed by atoms with Gasteiger partial charge in [-0.2, -0.15) is 0 Å². The van der Waals surface area contributed by atoms with Crippen LogP contribution in [0.5, 0.6) is 0 Å². The molecule has 0 bridgehead atoms. The third-order valence-corrected chi connectivity index (χ3v) is 44.4. The summed E-state index contributed by atoms with van der Waals surface area (Å²) in [5, 5.41) is 43.6. The monoisotopic (exact) mass is 1970 g/mol. The Hall–Kier alpha value is -17.0. The number of hydrogen-bond acceptors (Lipinski definition) is 0. The van der Waals surface area contributed by atoms with Gasteiger partial charge in [-0.3, -0.25) is 0 Å². The van der Waals surface area contributed by atoms with Crippen molar-refractivity contribution >= 4 is 200 Å². The fourth-order valence-corrected chi connectivity index (χ4v) is 38.2. The highest BCUT2D eigenvalue weighted by molar-refractivity contribution is 7.61. The van der Waals surface area contributed by atoms with Crippen molar-refractivity contribution in [1.82, 2.24) is 0 Å². The second-order valence-electron chi connectivity index (χ2n) is 42.0. The molecule has 0 saturated heterocycles. The van der Waals surface area contributed by atoms with E-state index in [4.69, 9.17) is 0 Å². The first kappa shape index (κ1) is 85.1. The maximum absolute atomic E-state index is 2.58. The lowest BCUT2D eigenvalue weighted by Gasteiger charge is -2.32. The summed E-state index contributed by atoms with van der Waals surface area (Å²) in [6.07, 6.45) is 0. The predicted octanol–water partition coefficient (Wildman–Crippen LogP) is 42.6. The Morgan fingerprint density at radius 2 is 0.340 bits per heavy atom. The van der Waals surface area contributed by atoms with Gasteiger partial charge in [0.2, 0.25) is 0 Å². The molecule has 4 heteroatoms. The van der Waals surface area contributed by atoms with Crippen LogP contribution in [0.4, 0.5) is 0 Å². The molecular weight excluding hydrogens is 1880 g/mol. The molecule has 0 radical (unpaired) electrons. The maximum Gasteiger partial charge on any atom is 0.0731 e. The lowest BCUT2D eigenvalue weighted by atomic mass is 9.69. The highest BCUT2D eigenvalue weighted by Crippen LogP contribution is 2.71. The first-order chi connectivity index (χ1) is 74.2. The van der Waals surface area contributed by atoms with Crippen molar-refractivity contribution in [3.05, 3.63) is 530 Å². The summed E-state index contributed by atoms with van der Waals surface area (Å²) < 4.78 is 0. The Morgan fingerprint density at radius 3 is 0.700 bits per heavy atom. The molecule has 30 aromatic rings. The smallest absolute Gasteiger partial charge is 0.0731 e. The molecule has 696 valence electrons. The summed E-state index contributed by atoms with van der Waals surface area (Å²) in [6.45, 7) is 9.82. The van der Waals surface area contributed by atoms with E-state index >= 15 is 0 Å². The van der Waals surface area contributed by atoms with Crippen LogP contribution in [0.2, 0.25) is 0 Å². The zero-order valence-electron chi connectivity index (χ0n) is 83.0. The van der Waals surface area contributed by atoms with Crippen LogP contribution < -0.4 is 0 Å². The van der Waals surface area contributed by atoms with Crippen molar-refractivity contribution in [1.29, 1.82) is 0 Å². The Kier molecular flexibility index (Phi) is 18.0. The van der Waals surface area contributed by atoms with Crippen LogP contribution in [0.1, 0.15) is 44.5 Å². The largest absolute Gasteiger partial charge is 0.112 e. The van der Waals surface area contributed by atoms with E-state index in [1.807, 2.05) is 0 Å². The first-order valence-corrected chi connectivity index (χ1v) is 59.8. The molecule has 150 heavy (non-hydrogen) atoms. The molecule has 6 atom stereocenters. The Balaban J connectivity index is 0.000000130. The van der Waals surface area contributed by atoms with Crippen LogP contribution in [-0.2, 0) is 37.5 Å². The first-order valence-electron chi connectivity index (χ1n) is 52.6. The van der Waals surface area contributed by atoms with Crippen molar-refractivity contribution in [2.24, 2.45) is 26.7 Å². The van der Waals surface area contributed by atoms with E-state index in [1.54, 1.807) is 0 Å². The molecule has 0 amide bonds. The third-order valence-electron chi connectivity index (χ3n) is 35.5. The van der Waals surface area contributed by atoms with Gasteiger partial charge in [-0.15, -0.1) is 30.1 Å². The van der Waals surface area contributed by atoms with E-state index in [2.05, 4.69) is 512 Å². The van der Waals surface area contributed by atoms with Gasteiger partial charge in [-0.1, -0.05) is 473 Å². The molecule has 26 aromatic carbocycles. The molecular formula is C146H92P4. The zero-order valence-corrected chi connectivity index (χ0v) is 86.6. The van der Waals surface area contributed by atoms with Crippen LogP contribution in [-0.4, -0.2) is 0 Å². The molecule has 0 saturated carbocycles. The number of rotatable bonds is 6. The van der Waals surface area contributed by atoms with E-state index in [0.29, 0.717) is 0 Å².